The summed E-state index contributed by atoms with van der Waals surface area (Å²) in [6.07, 6.45) is 5.81. The molecule has 1 N–H and O–H groups in total. The number of rotatable bonds is 9. The maximum Gasteiger partial charge on any atom is 0.249 e. The van der Waals surface area contributed by atoms with Gasteiger partial charge in [-0.2, -0.15) is 0 Å². The first kappa shape index (κ1) is 25.5. The van der Waals surface area contributed by atoms with Crippen LogP contribution in [0.2, 0.25) is 0 Å². The van der Waals surface area contributed by atoms with Gasteiger partial charge < -0.3 is 24.4 Å². The monoisotopic (exact) mass is 517 g/mol. The van der Waals surface area contributed by atoms with Gasteiger partial charge in [-0.25, -0.2) is 0 Å². The number of allylic oxidation sites excluding steroid dienone is 1. The van der Waals surface area contributed by atoms with Crippen LogP contribution in [0.3, 0.4) is 0 Å². The van der Waals surface area contributed by atoms with Crippen molar-refractivity contribution in [2.24, 2.45) is 0 Å². The zero-order valence-corrected chi connectivity index (χ0v) is 21.7. The van der Waals surface area contributed by atoms with Gasteiger partial charge in [-0.3, -0.25) is 19.3 Å². The number of amides is 1. The number of fused-ring (bicyclic) bond motifs is 2. The van der Waals surface area contributed by atoms with Crippen molar-refractivity contribution >= 4 is 17.5 Å². The molecule has 0 saturated heterocycles. The molecule has 2 aromatic carbocycles. The molecule has 0 radical (unpaired) electrons. The molecule has 0 saturated carbocycles. The summed E-state index contributed by atoms with van der Waals surface area (Å²) in [6, 6.07) is 10.2. The van der Waals surface area contributed by atoms with E-state index in [1.54, 1.807) is 60.4 Å². The van der Waals surface area contributed by atoms with Crippen molar-refractivity contribution in [2.45, 2.75) is 32.2 Å². The fourth-order valence-electron chi connectivity index (χ4n) is 4.60. The van der Waals surface area contributed by atoms with E-state index in [2.05, 4.69) is 12.2 Å². The average Bonchev–Trinajstić information content (AvgIpc) is 3.56. The number of ether oxygens (including phenoxy) is 3. The van der Waals surface area contributed by atoms with Crippen LogP contribution in [0.25, 0.3) is 0 Å². The molecule has 38 heavy (non-hydrogen) atoms. The summed E-state index contributed by atoms with van der Waals surface area (Å²) in [6.45, 7) is 4.96. The Bertz CT molecular complexity index is 1330. The number of likely N-dealkylation sites (N-methyl/N-ethyl adjacent to an activating group) is 1. The van der Waals surface area contributed by atoms with Crippen LogP contribution in [0, 0.1) is 0 Å². The SMILES string of the molecule is CC1COc2cc(C(=O)CN3C=CCC(C(=O)NCN(C)C(C)C(=O)c4ccc5c(c4)OCO5)=C3)ccc21. The third-order valence-electron chi connectivity index (χ3n) is 7.12. The van der Waals surface area contributed by atoms with Crippen LogP contribution in [0.4, 0.5) is 0 Å². The van der Waals surface area contributed by atoms with Gasteiger partial charge in [-0.05, 0) is 44.7 Å². The Morgan fingerprint density at radius 2 is 1.82 bits per heavy atom. The average molecular weight is 518 g/mol. The first-order chi connectivity index (χ1) is 18.3. The van der Waals surface area contributed by atoms with Crippen LogP contribution < -0.4 is 19.5 Å². The molecule has 0 aromatic heterocycles. The van der Waals surface area contributed by atoms with Crippen molar-refractivity contribution in [3.05, 3.63) is 77.1 Å². The van der Waals surface area contributed by atoms with Gasteiger partial charge >= 0.3 is 0 Å². The Balaban J connectivity index is 1.15. The first-order valence-corrected chi connectivity index (χ1v) is 12.7. The molecule has 3 heterocycles. The second-order valence-electron chi connectivity index (χ2n) is 9.83. The van der Waals surface area contributed by atoms with Crippen molar-refractivity contribution in [1.29, 1.82) is 0 Å². The first-order valence-electron chi connectivity index (χ1n) is 12.7. The highest BCUT2D eigenvalue weighted by Gasteiger charge is 2.24. The lowest BCUT2D eigenvalue weighted by atomic mass is 10.0. The van der Waals surface area contributed by atoms with Crippen molar-refractivity contribution in [3.8, 4) is 17.2 Å². The van der Waals surface area contributed by atoms with Gasteiger partial charge in [-0.1, -0.05) is 25.1 Å². The predicted molar refractivity (Wildman–Crippen MR) is 140 cm³/mol. The molecule has 3 aliphatic heterocycles. The smallest absolute Gasteiger partial charge is 0.249 e. The third-order valence-corrected chi connectivity index (χ3v) is 7.12. The molecule has 2 unspecified atom stereocenters. The Labute approximate surface area is 221 Å². The Kier molecular flexibility index (Phi) is 7.20. The fraction of sp³-hybridized carbons (Fsp3) is 0.345. The van der Waals surface area contributed by atoms with Crippen LogP contribution in [0.1, 0.15) is 52.5 Å². The number of nitrogens with one attached hydrogen (secondary N) is 1. The number of benzene rings is 2. The van der Waals surface area contributed by atoms with Crippen LogP contribution in [-0.2, 0) is 4.79 Å². The number of Topliss-reactive ketones (excluding diaryl/α,β-unsaturated/α-hetero) is 2. The Morgan fingerprint density at radius 1 is 1.05 bits per heavy atom. The van der Waals surface area contributed by atoms with Gasteiger partial charge in [0.2, 0.25) is 12.7 Å². The normalized spacial score (nSPS) is 18.1. The summed E-state index contributed by atoms with van der Waals surface area (Å²) in [5.74, 6) is 1.87. The summed E-state index contributed by atoms with van der Waals surface area (Å²) >= 11 is 0. The van der Waals surface area contributed by atoms with Crippen molar-refractivity contribution in [3.63, 3.8) is 0 Å². The zero-order valence-electron chi connectivity index (χ0n) is 21.7. The van der Waals surface area contributed by atoms with E-state index >= 15 is 0 Å². The van der Waals surface area contributed by atoms with Crippen LogP contribution in [-0.4, -0.2) is 67.0 Å². The molecule has 0 bridgehead atoms. The minimum Gasteiger partial charge on any atom is -0.493 e. The number of carbonyl (C=O) groups excluding carboxylic acids is 3. The van der Waals surface area contributed by atoms with E-state index in [-0.39, 0.29) is 37.5 Å². The van der Waals surface area contributed by atoms with E-state index in [1.807, 2.05) is 18.2 Å². The number of carbonyl (C=O) groups is 3. The summed E-state index contributed by atoms with van der Waals surface area (Å²) < 4.78 is 16.4. The summed E-state index contributed by atoms with van der Waals surface area (Å²) in [5, 5.41) is 2.88. The number of hydrogen-bond acceptors (Lipinski definition) is 8. The molecule has 3 aliphatic rings. The van der Waals surface area contributed by atoms with E-state index in [0.29, 0.717) is 47.1 Å². The highest BCUT2D eigenvalue weighted by Crippen LogP contribution is 2.34. The standard InChI is InChI=1S/C29H31N3O6/c1-18-15-36-26-11-20(6-8-23(18)26)24(33)14-32-10-4-5-22(13-32)29(35)30-16-31(3)19(2)28(34)21-7-9-25-27(12-21)38-17-37-25/h4,6-13,18-19H,5,14-17H2,1-3H3,(H,30,35). The van der Waals surface area contributed by atoms with Crippen LogP contribution in [0.5, 0.6) is 17.2 Å². The molecule has 2 atom stereocenters. The minimum atomic E-state index is -0.468. The third kappa shape index (κ3) is 5.28. The second-order valence-corrected chi connectivity index (χ2v) is 9.83. The minimum absolute atomic E-state index is 0.0610. The lowest BCUT2D eigenvalue weighted by Gasteiger charge is -2.25. The lowest BCUT2D eigenvalue weighted by molar-refractivity contribution is -0.118. The Morgan fingerprint density at radius 3 is 2.66 bits per heavy atom. The largest absolute Gasteiger partial charge is 0.493 e. The maximum absolute atomic E-state index is 13.0. The van der Waals surface area contributed by atoms with E-state index < -0.39 is 6.04 Å². The van der Waals surface area contributed by atoms with Crippen molar-refractivity contribution in [1.82, 2.24) is 15.1 Å². The zero-order chi connectivity index (χ0) is 26.8. The topological polar surface area (TPSA) is 97.4 Å². The lowest BCUT2D eigenvalue weighted by Crippen LogP contribution is -2.44. The molecule has 1 amide bonds. The highest BCUT2D eigenvalue weighted by molar-refractivity contribution is 6.00. The van der Waals surface area contributed by atoms with Gasteiger partial charge in [0.15, 0.2) is 23.1 Å². The molecule has 9 nitrogen and oxygen atoms in total. The van der Waals surface area contributed by atoms with Gasteiger partial charge in [0.1, 0.15) is 5.75 Å². The molecule has 0 spiro atoms. The summed E-state index contributed by atoms with van der Waals surface area (Å²) in [7, 11) is 1.77. The fourth-order valence-corrected chi connectivity index (χ4v) is 4.60. The number of ketones is 2. The predicted octanol–water partition coefficient (Wildman–Crippen LogP) is 3.47. The molecule has 9 heteroatoms. The molecular formula is C29H31N3O6. The van der Waals surface area contributed by atoms with E-state index in [0.717, 1.165) is 11.3 Å². The molecule has 198 valence electrons. The van der Waals surface area contributed by atoms with E-state index in [4.69, 9.17) is 14.2 Å². The van der Waals surface area contributed by atoms with Crippen LogP contribution >= 0.6 is 0 Å². The Hall–Kier alpha value is -4.11. The second kappa shape index (κ2) is 10.7. The van der Waals surface area contributed by atoms with Crippen molar-refractivity contribution in [2.75, 3.05) is 33.7 Å². The van der Waals surface area contributed by atoms with Crippen molar-refractivity contribution < 1.29 is 28.6 Å². The summed E-state index contributed by atoms with van der Waals surface area (Å²) in [4.78, 5) is 42.2. The summed E-state index contributed by atoms with van der Waals surface area (Å²) in [5.41, 5.74) is 2.76. The van der Waals surface area contributed by atoms with E-state index in [1.165, 1.54) is 0 Å². The molecular weight excluding hydrogens is 486 g/mol. The molecule has 5 rings (SSSR count). The van der Waals surface area contributed by atoms with Crippen LogP contribution in [0.15, 0.2) is 60.4 Å². The van der Waals surface area contributed by atoms with Gasteiger partial charge in [-0.15, -0.1) is 0 Å². The molecule has 0 aliphatic carbocycles. The number of nitrogens with zero attached hydrogens (tertiary/aromatic N) is 2. The van der Waals surface area contributed by atoms with Gasteiger partial charge in [0.25, 0.3) is 0 Å². The maximum atomic E-state index is 13.0. The van der Waals surface area contributed by atoms with E-state index in [9.17, 15) is 14.4 Å². The van der Waals surface area contributed by atoms with Gasteiger partial charge in [0, 0.05) is 40.6 Å². The quantitative estimate of drug-likeness (QED) is 0.399. The highest BCUT2D eigenvalue weighted by atomic mass is 16.7. The molecule has 0 fully saturated rings. The van der Waals surface area contributed by atoms with Gasteiger partial charge in [0.05, 0.1) is 25.9 Å². The number of hydrogen-bond donors (Lipinski definition) is 1. The molecule has 2 aromatic rings.